The first-order chi connectivity index (χ1) is 17.1. The summed E-state index contributed by atoms with van der Waals surface area (Å²) in [5.41, 5.74) is 2.86. The third-order valence-electron chi connectivity index (χ3n) is 6.25. The molecule has 188 valence electrons. The van der Waals surface area contributed by atoms with Crippen molar-refractivity contribution >= 4 is 35.1 Å². The standard InChI is InChI=1S/C28H26Cl2FNO4/c1-28(14-19-5-9-21(29)10-6-19)15-20-13-18(7-11-25(20)36-28)8-12-26(33)32(17-27(34)35)16-22-23(30)3-2-4-24(22)31/h2-7,9-11,13H,8,12,14-17H2,1H3,(H,34,35). The lowest BCUT2D eigenvalue weighted by Crippen LogP contribution is -2.35. The van der Waals surface area contributed by atoms with Crippen molar-refractivity contribution in [3.63, 3.8) is 0 Å². The van der Waals surface area contributed by atoms with E-state index >= 15 is 0 Å². The van der Waals surface area contributed by atoms with Crippen molar-refractivity contribution in [2.75, 3.05) is 6.54 Å². The van der Waals surface area contributed by atoms with Gasteiger partial charge in [0.15, 0.2) is 0 Å². The summed E-state index contributed by atoms with van der Waals surface area (Å²) in [5.74, 6) is -1.32. The summed E-state index contributed by atoms with van der Waals surface area (Å²) in [4.78, 5) is 25.4. The Hall–Kier alpha value is -3.09. The molecule has 1 N–H and O–H groups in total. The summed E-state index contributed by atoms with van der Waals surface area (Å²) in [6.45, 7) is 1.32. The quantitative estimate of drug-likeness (QED) is 0.362. The van der Waals surface area contributed by atoms with Crippen molar-refractivity contribution in [1.29, 1.82) is 0 Å². The van der Waals surface area contributed by atoms with Gasteiger partial charge in [-0.15, -0.1) is 0 Å². The molecule has 1 aliphatic heterocycles. The van der Waals surface area contributed by atoms with Crippen LogP contribution in [0.1, 0.15) is 35.6 Å². The molecule has 36 heavy (non-hydrogen) atoms. The first kappa shape index (κ1) is 26.0. The molecule has 0 saturated heterocycles. The predicted molar refractivity (Wildman–Crippen MR) is 137 cm³/mol. The number of amides is 1. The van der Waals surface area contributed by atoms with Gasteiger partial charge in [-0.1, -0.05) is 53.5 Å². The fraction of sp³-hybridized carbons (Fsp3) is 0.286. The summed E-state index contributed by atoms with van der Waals surface area (Å²) in [6, 6.07) is 17.8. The highest BCUT2D eigenvalue weighted by Gasteiger charge is 2.35. The predicted octanol–water partition coefficient (Wildman–Crippen LogP) is 6.11. The van der Waals surface area contributed by atoms with Crippen molar-refractivity contribution in [3.8, 4) is 5.75 Å². The normalized spacial score (nSPS) is 16.3. The smallest absolute Gasteiger partial charge is 0.323 e. The van der Waals surface area contributed by atoms with E-state index in [-0.39, 0.29) is 35.1 Å². The van der Waals surface area contributed by atoms with E-state index in [9.17, 15) is 19.1 Å². The Bertz CT molecular complexity index is 1260. The SMILES string of the molecule is CC1(Cc2ccc(Cl)cc2)Cc2cc(CCC(=O)N(CC(=O)O)Cc3c(F)cccc3Cl)ccc2O1. The van der Waals surface area contributed by atoms with Crippen LogP contribution in [0.3, 0.4) is 0 Å². The summed E-state index contributed by atoms with van der Waals surface area (Å²) in [7, 11) is 0. The molecule has 0 bridgehead atoms. The summed E-state index contributed by atoms with van der Waals surface area (Å²) >= 11 is 12.1. The maximum Gasteiger partial charge on any atom is 0.323 e. The molecular weight excluding hydrogens is 504 g/mol. The van der Waals surface area contributed by atoms with E-state index in [4.69, 9.17) is 27.9 Å². The van der Waals surface area contributed by atoms with Gasteiger partial charge in [0.05, 0.1) is 6.54 Å². The van der Waals surface area contributed by atoms with E-state index in [2.05, 4.69) is 6.92 Å². The molecule has 1 amide bonds. The molecule has 0 spiro atoms. The number of benzene rings is 3. The zero-order chi connectivity index (χ0) is 25.9. The van der Waals surface area contributed by atoms with Crippen LogP contribution in [0.15, 0.2) is 60.7 Å². The van der Waals surface area contributed by atoms with Crippen molar-refractivity contribution in [1.82, 2.24) is 4.90 Å². The number of carboxylic acid groups (broad SMARTS) is 1. The van der Waals surface area contributed by atoms with Crippen molar-refractivity contribution < 1.29 is 23.8 Å². The highest BCUT2D eigenvalue weighted by atomic mass is 35.5. The van der Waals surface area contributed by atoms with E-state index in [1.54, 1.807) is 0 Å². The number of ether oxygens (including phenoxy) is 1. The van der Waals surface area contributed by atoms with Crippen molar-refractivity contribution in [3.05, 3.63) is 98.8 Å². The average Bonchev–Trinajstić information content (AvgIpc) is 3.15. The number of hydrogen-bond acceptors (Lipinski definition) is 3. The van der Waals surface area contributed by atoms with E-state index in [1.807, 2.05) is 42.5 Å². The molecule has 5 nitrogen and oxygen atoms in total. The number of halogens is 3. The number of carbonyl (C=O) groups is 2. The fourth-order valence-electron chi connectivity index (χ4n) is 4.54. The fourth-order valence-corrected chi connectivity index (χ4v) is 4.89. The third kappa shape index (κ3) is 6.37. The van der Waals surface area contributed by atoms with Crippen molar-refractivity contribution in [2.24, 2.45) is 0 Å². The second-order valence-corrected chi connectivity index (χ2v) is 10.2. The molecule has 3 aromatic carbocycles. The van der Waals surface area contributed by atoms with Crippen LogP contribution in [0.2, 0.25) is 10.0 Å². The monoisotopic (exact) mass is 529 g/mol. The molecule has 8 heteroatoms. The molecule has 0 saturated carbocycles. The number of carbonyl (C=O) groups excluding carboxylic acids is 1. The first-order valence-electron chi connectivity index (χ1n) is 11.6. The lowest BCUT2D eigenvalue weighted by atomic mass is 9.91. The lowest BCUT2D eigenvalue weighted by molar-refractivity contribution is -0.144. The van der Waals surface area contributed by atoms with Crippen LogP contribution >= 0.6 is 23.2 Å². The highest BCUT2D eigenvalue weighted by molar-refractivity contribution is 6.31. The number of fused-ring (bicyclic) bond motifs is 1. The van der Waals surface area contributed by atoms with Gasteiger partial charge in [-0.25, -0.2) is 4.39 Å². The molecular formula is C28H26Cl2FNO4. The van der Waals surface area contributed by atoms with Gasteiger partial charge in [-0.2, -0.15) is 0 Å². The van der Waals surface area contributed by atoms with E-state index in [1.165, 1.54) is 18.2 Å². The Morgan fingerprint density at radius 2 is 1.81 bits per heavy atom. The minimum atomic E-state index is -1.18. The molecule has 4 rings (SSSR count). The van der Waals surface area contributed by atoms with Gasteiger partial charge >= 0.3 is 5.97 Å². The van der Waals surface area contributed by atoms with E-state index in [0.29, 0.717) is 11.4 Å². The van der Waals surface area contributed by atoms with Crippen LogP contribution < -0.4 is 4.74 Å². The van der Waals surface area contributed by atoms with Gasteiger partial charge in [-0.05, 0) is 60.4 Å². The maximum absolute atomic E-state index is 14.2. The van der Waals surface area contributed by atoms with Crippen LogP contribution in [-0.2, 0) is 35.4 Å². The molecule has 0 aromatic heterocycles. The molecule has 3 aromatic rings. The molecule has 1 unspecified atom stereocenters. The molecule has 0 aliphatic carbocycles. The van der Waals surface area contributed by atoms with Crippen LogP contribution in [-0.4, -0.2) is 34.0 Å². The first-order valence-corrected chi connectivity index (χ1v) is 12.4. The van der Waals surface area contributed by atoms with Gasteiger partial charge in [-0.3, -0.25) is 9.59 Å². The number of aryl methyl sites for hydroxylation is 1. The number of rotatable bonds is 9. The molecule has 1 atom stereocenters. The average molecular weight is 530 g/mol. The van der Waals surface area contributed by atoms with Crippen molar-refractivity contribution in [2.45, 2.75) is 44.8 Å². The molecule has 1 aliphatic rings. The number of nitrogens with zero attached hydrogens (tertiary/aromatic N) is 1. The maximum atomic E-state index is 14.2. The van der Waals surface area contributed by atoms with Gasteiger partial charge in [0, 0.05) is 34.9 Å². The minimum absolute atomic E-state index is 0.0844. The number of carboxylic acids is 1. The second kappa shape index (κ2) is 10.9. The molecule has 1 heterocycles. The number of hydrogen-bond donors (Lipinski definition) is 1. The van der Waals surface area contributed by atoms with Gasteiger partial charge in [0.1, 0.15) is 23.7 Å². The van der Waals surface area contributed by atoms with Gasteiger partial charge in [0.2, 0.25) is 5.91 Å². The van der Waals surface area contributed by atoms with E-state index < -0.39 is 18.3 Å². The van der Waals surface area contributed by atoms with E-state index in [0.717, 1.165) is 40.2 Å². The second-order valence-electron chi connectivity index (χ2n) is 9.32. The zero-order valence-corrected chi connectivity index (χ0v) is 21.3. The van der Waals surface area contributed by atoms with Gasteiger partial charge < -0.3 is 14.7 Å². The number of aliphatic carboxylic acids is 1. The Balaban J connectivity index is 1.40. The van der Waals surface area contributed by atoms with Crippen LogP contribution in [0, 0.1) is 5.82 Å². The zero-order valence-electron chi connectivity index (χ0n) is 19.8. The lowest BCUT2D eigenvalue weighted by Gasteiger charge is -2.24. The Kier molecular flexibility index (Phi) is 7.86. The summed E-state index contributed by atoms with van der Waals surface area (Å²) in [5, 5.41) is 10.1. The Labute approximate surface area is 219 Å². The Morgan fingerprint density at radius 3 is 2.50 bits per heavy atom. The van der Waals surface area contributed by atoms with Crippen LogP contribution in [0.25, 0.3) is 0 Å². The molecule has 0 radical (unpaired) electrons. The Morgan fingerprint density at radius 1 is 1.08 bits per heavy atom. The highest BCUT2D eigenvalue weighted by Crippen LogP contribution is 2.37. The van der Waals surface area contributed by atoms with Gasteiger partial charge in [0.25, 0.3) is 0 Å². The third-order valence-corrected chi connectivity index (χ3v) is 6.86. The minimum Gasteiger partial charge on any atom is -0.487 e. The van der Waals surface area contributed by atoms with Crippen LogP contribution in [0.4, 0.5) is 4.39 Å². The largest absolute Gasteiger partial charge is 0.487 e. The topological polar surface area (TPSA) is 66.8 Å². The summed E-state index contributed by atoms with van der Waals surface area (Å²) in [6.07, 6.45) is 1.96. The van der Waals surface area contributed by atoms with Crippen LogP contribution in [0.5, 0.6) is 5.75 Å². The molecule has 0 fully saturated rings. The summed E-state index contributed by atoms with van der Waals surface area (Å²) < 4.78 is 20.5.